The van der Waals surface area contributed by atoms with Crippen molar-refractivity contribution in [1.82, 2.24) is 4.90 Å². The van der Waals surface area contributed by atoms with Crippen LogP contribution in [-0.2, 0) is 16.1 Å². The van der Waals surface area contributed by atoms with Crippen molar-refractivity contribution in [3.8, 4) is 0 Å². The molecule has 0 aromatic heterocycles. The summed E-state index contributed by atoms with van der Waals surface area (Å²) in [5.41, 5.74) is 4.19. The monoisotopic (exact) mass is 394 g/mol. The minimum absolute atomic E-state index is 0.0418. The molecule has 4 nitrogen and oxygen atoms in total. The van der Waals surface area contributed by atoms with Crippen LogP contribution in [0.5, 0.6) is 0 Å². The summed E-state index contributed by atoms with van der Waals surface area (Å²) >= 11 is 0. The van der Waals surface area contributed by atoms with Crippen molar-refractivity contribution < 1.29 is 9.59 Å². The Bertz CT molecular complexity index is 802. The number of nitrogens with zero attached hydrogens (tertiary/aromatic N) is 2. The molecule has 0 radical (unpaired) electrons. The highest BCUT2D eigenvalue weighted by molar-refractivity contribution is 5.99. The molecule has 2 rings (SSSR count). The third kappa shape index (κ3) is 5.69. The molecule has 4 heteroatoms. The minimum atomic E-state index is -0.107. The zero-order chi connectivity index (χ0) is 21.6. The summed E-state index contributed by atoms with van der Waals surface area (Å²) in [6.45, 7) is 13.2. The van der Waals surface area contributed by atoms with Crippen molar-refractivity contribution in [2.45, 2.75) is 59.9 Å². The molecule has 0 aliphatic carbocycles. The maximum atomic E-state index is 13.2. The average Bonchev–Trinajstić information content (AvgIpc) is 2.69. The molecule has 0 N–H and O–H groups in total. The summed E-state index contributed by atoms with van der Waals surface area (Å²) in [7, 11) is 0. The number of hydrogen-bond donors (Lipinski definition) is 0. The van der Waals surface area contributed by atoms with Gasteiger partial charge in [0.15, 0.2) is 0 Å². The Balaban J connectivity index is 2.37. The summed E-state index contributed by atoms with van der Waals surface area (Å²) < 4.78 is 0. The molecule has 2 aromatic carbocycles. The van der Waals surface area contributed by atoms with Gasteiger partial charge in [0.25, 0.3) is 0 Å². The van der Waals surface area contributed by atoms with Crippen LogP contribution in [0, 0.1) is 0 Å². The summed E-state index contributed by atoms with van der Waals surface area (Å²) in [5, 5.41) is 0. The van der Waals surface area contributed by atoms with E-state index in [1.807, 2.05) is 43.3 Å². The van der Waals surface area contributed by atoms with Gasteiger partial charge in [0, 0.05) is 20.0 Å². The Hall–Kier alpha value is -2.62. The second-order valence-corrected chi connectivity index (χ2v) is 8.09. The van der Waals surface area contributed by atoms with E-state index in [9.17, 15) is 9.59 Å². The normalized spacial score (nSPS) is 11.0. The highest BCUT2D eigenvalue weighted by Crippen LogP contribution is 2.35. The molecule has 0 fully saturated rings. The molecular formula is C25H34N2O2. The molecule has 0 atom stereocenters. The van der Waals surface area contributed by atoms with E-state index in [0.717, 1.165) is 22.4 Å². The van der Waals surface area contributed by atoms with Gasteiger partial charge in [-0.15, -0.1) is 0 Å². The first kappa shape index (κ1) is 22.7. The van der Waals surface area contributed by atoms with E-state index in [4.69, 9.17) is 0 Å². The van der Waals surface area contributed by atoms with Crippen molar-refractivity contribution >= 4 is 17.5 Å². The molecule has 0 saturated carbocycles. The highest BCUT2D eigenvalue weighted by Gasteiger charge is 2.25. The molecule has 2 aromatic rings. The SMILES string of the molecule is CCN(Cc1ccccc1)C(=O)CN(C(C)=O)c1c(C(C)C)cccc1C(C)C. The van der Waals surface area contributed by atoms with E-state index in [-0.39, 0.29) is 30.2 Å². The third-order valence-corrected chi connectivity index (χ3v) is 5.24. The van der Waals surface area contributed by atoms with Crippen LogP contribution < -0.4 is 4.90 Å². The number of carbonyl (C=O) groups excluding carboxylic acids is 2. The Morgan fingerprint density at radius 1 is 0.862 bits per heavy atom. The highest BCUT2D eigenvalue weighted by atomic mass is 16.2. The van der Waals surface area contributed by atoms with Gasteiger partial charge in [-0.25, -0.2) is 0 Å². The van der Waals surface area contributed by atoms with Gasteiger partial charge in [0.05, 0.1) is 5.69 Å². The molecule has 29 heavy (non-hydrogen) atoms. The standard InChI is InChI=1S/C25H34N2O2/c1-7-26(16-21-12-9-8-10-13-21)24(29)17-27(20(6)28)25-22(18(2)3)14-11-15-23(25)19(4)5/h8-15,18-19H,7,16-17H2,1-6H3. The van der Waals surface area contributed by atoms with Gasteiger partial charge in [0.2, 0.25) is 11.8 Å². The van der Waals surface area contributed by atoms with Crippen molar-refractivity contribution in [2.75, 3.05) is 18.0 Å². The molecular weight excluding hydrogens is 360 g/mol. The van der Waals surface area contributed by atoms with Crippen LogP contribution in [-0.4, -0.2) is 29.8 Å². The van der Waals surface area contributed by atoms with Crippen LogP contribution in [0.25, 0.3) is 0 Å². The third-order valence-electron chi connectivity index (χ3n) is 5.24. The molecule has 2 amide bonds. The lowest BCUT2D eigenvalue weighted by atomic mass is 9.91. The Morgan fingerprint density at radius 3 is 1.86 bits per heavy atom. The van der Waals surface area contributed by atoms with Crippen molar-refractivity contribution in [2.24, 2.45) is 0 Å². The number of anilines is 1. The van der Waals surface area contributed by atoms with E-state index in [1.165, 1.54) is 0 Å². The minimum Gasteiger partial charge on any atom is -0.337 e. The maximum absolute atomic E-state index is 13.2. The summed E-state index contributed by atoms with van der Waals surface area (Å²) in [6, 6.07) is 16.1. The molecule has 0 unspecified atom stereocenters. The zero-order valence-corrected chi connectivity index (χ0v) is 18.6. The van der Waals surface area contributed by atoms with Crippen molar-refractivity contribution in [3.05, 3.63) is 65.2 Å². The van der Waals surface area contributed by atoms with Gasteiger partial charge in [0.1, 0.15) is 6.54 Å². The second-order valence-electron chi connectivity index (χ2n) is 8.09. The first-order chi connectivity index (χ1) is 13.8. The second kappa shape index (κ2) is 10.2. The predicted octanol–water partition coefficient (Wildman–Crippen LogP) is 5.34. The zero-order valence-electron chi connectivity index (χ0n) is 18.6. The van der Waals surface area contributed by atoms with Crippen LogP contribution in [0.3, 0.4) is 0 Å². The fourth-order valence-electron chi connectivity index (χ4n) is 3.59. The topological polar surface area (TPSA) is 40.6 Å². The summed E-state index contributed by atoms with van der Waals surface area (Å²) in [5.74, 6) is 0.364. The van der Waals surface area contributed by atoms with Gasteiger partial charge < -0.3 is 9.80 Å². The lowest BCUT2D eigenvalue weighted by Gasteiger charge is -2.31. The fraction of sp³-hybridized carbons (Fsp3) is 0.440. The summed E-state index contributed by atoms with van der Waals surface area (Å²) in [6.07, 6.45) is 0. The number of hydrogen-bond acceptors (Lipinski definition) is 2. The van der Waals surface area contributed by atoms with E-state index < -0.39 is 0 Å². The smallest absolute Gasteiger partial charge is 0.242 e. The number of amides is 2. The molecule has 0 spiro atoms. The van der Waals surface area contributed by atoms with Crippen molar-refractivity contribution in [1.29, 1.82) is 0 Å². The van der Waals surface area contributed by atoms with Gasteiger partial charge >= 0.3 is 0 Å². The van der Waals surface area contributed by atoms with Crippen LogP contribution in [0.1, 0.15) is 70.1 Å². The largest absolute Gasteiger partial charge is 0.337 e. The molecule has 156 valence electrons. The van der Waals surface area contributed by atoms with E-state index in [1.54, 1.807) is 16.7 Å². The molecule has 0 bridgehead atoms. The average molecular weight is 395 g/mol. The number of likely N-dealkylation sites (N-methyl/N-ethyl adjacent to an activating group) is 1. The van der Waals surface area contributed by atoms with Gasteiger partial charge in [-0.05, 0) is 35.4 Å². The van der Waals surface area contributed by atoms with Crippen LogP contribution in [0.2, 0.25) is 0 Å². The molecule has 0 saturated heterocycles. The first-order valence-electron chi connectivity index (χ1n) is 10.5. The van der Waals surface area contributed by atoms with E-state index in [2.05, 4.69) is 39.8 Å². The number of para-hydroxylation sites is 1. The lowest BCUT2D eigenvalue weighted by molar-refractivity contribution is -0.131. The van der Waals surface area contributed by atoms with E-state index >= 15 is 0 Å². The number of benzene rings is 2. The molecule has 0 aliphatic rings. The van der Waals surface area contributed by atoms with Gasteiger partial charge in [-0.2, -0.15) is 0 Å². The van der Waals surface area contributed by atoms with Crippen LogP contribution in [0.4, 0.5) is 5.69 Å². The fourth-order valence-corrected chi connectivity index (χ4v) is 3.59. The van der Waals surface area contributed by atoms with E-state index in [0.29, 0.717) is 13.1 Å². The Labute approximate surface area is 175 Å². The van der Waals surface area contributed by atoms with Crippen LogP contribution in [0.15, 0.2) is 48.5 Å². The summed E-state index contributed by atoms with van der Waals surface area (Å²) in [4.78, 5) is 29.3. The number of rotatable bonds is 8. The Kier molecular flexibility index (Phi) is 8.00. The first-order valence-corrected chi connectivity index (χ1v) is 10.5. The van der Waals surface area contributed by atoms with Crippen LogP contribution >= 0.6 is 0 Å². The number of carbonyl (C=O) groups is 2. The van der Waals surface area contributed by atoms with Gasteiger partial charge in [-0.3, -0.25) is 9.59 Å². The van der Waals surface area contributed by atoms with Crippen molar-refractivity contribution in [3.63, 3.8) is 0 Å². The Morgan fingerprint density at radius 2 is 1.41 bits per heavy atom. The molecule has 0 aliphatic heterocycles. The van der Waals surface area contributed by atoms with Gasteiger partial charge in [-0.1, -0.05) is 76.2 Å². The molecule has 0 heterocycles. The maximum Gasteiger partial charge on any atom is 0.242 e. The lowest BCUT2D eigenvalue weighted by Crippen LogP contribution is -2.42. The quantitative estimate of drug-likeness (QED) is 0.607. The predicted molar refractivity (Wildman–Crippen MR) is 120 cm³/mol.